The molecule has 110 valence electrons. The summed E-state index contributed by atoms with van der Waals surface area (Å²) in [4.78, 5) is 14.1. The van der Waals surface area contributed by atoms with Crippen molar-refractivity contribution in [2.75, 3.05) is 19.0 Å². The van der Waals surface area contributed by atoms with E-state index in [1.54, 1.807) is 17.0 Å². The zero-order valence-corrected chi connectivity index (χ0v) is 12.5. The number of carbonyl (C=O) groups excluding carboxylic acids is 1. The van der Waals surface area contributed by atoms with Crippen molar-refractivity contribution >= 4 is 17.5 Å². The van der Waals surface area contributed by atoms with Crippen molar-refractivity contribution in [1.82, 2.24) is 4.90 Å². The molecule has 1 aliphatic rings. The first kappa shape index (κ1) is 15.3. The summed E-state index contributed by atoms with van der Waals surface area (Å²) in [5.74, 6) is 0.0861. The molecular weight excluding hydrogens is 281 g/mol. The molecule has 1 saturated heterocycles. The lowest BCUT2D eigenvalue weighted by Crippen LogP contribution is -2.55. The molecule has 0 N–H and O–H groups in total. The van der Waals surface area contributed by atoms with Crippen LogP contribution in [0.4, 0.5) is 4.39 Å². The van der Waals surface area contributed by atoms with Crippen LogP contribution in [0.1, 0.15) is 19.4 Å². The summed E-state index contributed by atoms with van der Waals surface area (Å²) in [6.07, 6.45) is 0.128. The number of hydrogen-bond donors (Lipinski definition) is 0. The maximum absolute atomic E-state index is 12.9. The zero-order valence-electron chi connectivity index (χ0n) is 11.7. The minimum absolute atomic E-state index is 0.0168. The highest BCUT2D eigenvalue weighted by atomic mass is 35.5. The van der Waals surface area contributed by atoms with Crippen LogP contribution in [0.3, 0.4) is 0 Å². The maximum Gasteiger partial charge on any atom is 0.227 e. The van der Waals surface area contributed by atoms with E-state index in [-0.39, 0.29) is 24.2 Å². The molecule has 2 rings (SSSR count). The molecule has 1 aromatic rings. The third kappa shape index (κ3) is 3.93. The normalized spacial score (nSPS) is 21.8. The Labute approximate surface area is 123 Å². The molecule has 1 aromatic carbocycles. The lowest BCUT2D eigenvalue weighted by atomic mass is 10.0. The minimum Gasteiger partial charge on any atom is -0.367 e. The summed E-state index contributed by atoms with van der Waals surface area (Å²) < 4.78 is 18.6. The Balaban J connectivity index is 2.02. The largest absolute Gasteiger partial charge is 0.367 e. The summed E-state index contributed by atoms with van der Waals surface area (Å²) in [6.45, 7) is 4.95. The third-order valence-corrected chi connectivity index (χ3v) is 3.62. The molecular formula is C15H19ClFNO2. The zero-order chi connectivity index (χ0) is 14.8. The van der Waals surface area contributed by atoms with Gasteiger partial charge in [0.15, 0.2) is 0 Å². The highest BCUT2D eigenvalue weighted by Crippen LogP contribution is 2.22. The van der Waals surface area contributed by atoms with Crippen LogP contribution in [-0.2, 0) is 16.0 Å². The van der Waals surface area contributed by atoms with E-state index in [1.165, 1.54) is 12.1 Å². The van der Waals surface area contributed by atoms with E-state index in [1.807, 2.05) is 13.8 Å². The van der Waals surface area contributed by atoms with E-state index in [9.17, 15) is 9.18 Å². The molecule has 0 aromatic heterocycles. The molecule has 0 bridgehead atoms. The molecule has 0 saturated carbocycles. The molecule has 1 fully saturated rings. The molecule has 1 unspecified atom stereocenters. The van der Waals surface area contributed by atoms with E-state index in [4.69, 9.17) is 16.3 Å². The molecule has 1 amide bonds. The van der Waals surface area contributed by atoms with Crippen molar-refractivity contribution in [2.24, 2.45) is 0 Å². The van der Waals surface area contributed by atoms with E-state index in [0.29, 0.717) is 19.0 Å². The second-order valence-corrected chi connectivity index (χ2v) is 6.04. The van der Waals surface area contributed by atoms with Gasteiger partial charge in [-0.3, -0.25) is 4.79 Å². The van der Waals surface area contributed by atoms with Crippen LogP contribution in [0.2, 0.25) is 0 Å². The van der Waals surface area contributed by atoms with Gasteiger partial charge in [0.2, 0.25) is 5.91 Å². The SMILES string of the molecule is CC1(C)CN(C(=O)Cc2ccc(F)cc2)CC(CCl)O1. The summed E-state index contributed by atoms with van der Waals surface area (Å²) in [7, 11) is 0. The lowest BCUT2D eigenvalue weighted by molar-refractivity contribution is -0.156. The Kier molecular flexibility index (Phi) is 4.66. The van der Waals surface area contributed by atoms with Gasteiger partial charge in [-0.05, 0) is 31.5 Å². The maximum atomic E-state index is 12.9. The molecule has 0 spiro atoms. The Morgan fingerprint density at radius 2 is 2.10 bits per heavy atom. The van der Waals surface area contributed by atoms with Crippen LogP contribution >= 0.6 is 11.6 Å². The second kappa shape index (κ2) is 6.10. The Hall–Kier alpha value is -1.13. The van der Waals surface area contributed by atoms with Crippen molar-refractivity contribution in [1.29, 1.82) is 0 Å². The van der Waals surface area contributed by atoms with E-state index in [2.05, 4.69) is 0 Å². The summed E-state index contributed by atoms with van der Waals surface area (Å²) in [5.41, 5.74) is 0.416. The molecule has 0 aliphatic carbocycles. The molecule has 5 heteroatoms. The average molecular weight is 300 g/mol. The quantitative estimate of drug-likeness (QED) is 0.803. The van der Waals surface area contributed by atoms with E-state index < -0.39 is 5.60 Å². The number of rotatable bonds is 3. The Morgan fingerprint density at radius 3 is 2.70 bits per heavy atom. The Bertz CT molecular complexity index is 475. The number of hydrogen-bond acceptors (Lipinski definition) is 2. The van der Waals surface area contributed by atoms with Gasteiger partial charge < -0.3 is 9.64 Å². The second-order valence-electron chi connectivity index (χ2n) is 5.73. The first-order chi connectivity index (χ1) is 9.39. The van der Waals surface area contributed by atoms with Crippen molar-refractivity contribution < 1.29 is 13.9 Å². The molecule has 1 heterocycles. The number of morpholine rings is 1. The number of halogens is 2. The van der Waals surface area contributed by atoms with Gasteiger partial charge in [-0.2, -0.15) is 0 Å². The fourth-order valence-corrected chi connectivity index (χ4v) is 2.62. The van der Waals surface area contributed by atoms with Crippen molar-refractivity contribution in [2.45, 2.75) is 32.0 Å². The summed E-state index contributed by atoms with van der Waals surface area (Å²) >= 11 is 5.85. The highest BCUT2D eigenvalue weighted by Gasteiger charge is 2.34. The van der Waals surface area contributed by atoms with Crippen molar-refractivity contribution in [3.63, 3.8) is 0 Å². The van der Waals surface area contributed by atoms with Gasteiger partial charge in [0, 0.05) is 13.1 Å². The number of alkyl halides is 1. The number of benzene rings is 1. The fraction of sp³-hybridized carbons (Fsp3) is 0.533. The number of carbonyl (C=O) groups is 1. The van der Waals surface area contributed by atoms with Gasteiger partial charge >= 0.3 is 0 Å². The van der Waals surface area contributed by atoms with Crippen LogP contribution in [-0.4, -0.2) is 41.5 Å². The first-order valence-corrected chi connectivity index (χ1v) is 7.19. The summed E-state index contributed by atoms with van der Waals surface area (Å²) in [5, 5.41) is 0. The van der Waals surface area contributed by atoms with E-state index in [0.717, 1.165) is 5.56 Å². The number of amides is 1. The van der Waals surface area contributed by atoms with Crippen LogP contribution in [0.25, 0.3) is 0 Å². The van der Waals surface area contributed by atoms with Crippen LogP contribution in [0.15, 0.2) is 24.3 Å². The predicted molar refractivity (Wildman–Crippen MR) is 76.4 cm³/mol. The van der Waals surface area contributed by atoms with Gasteiger partial charge in [0.25, 0.3) is 0 Å². The summed E-state index contributed by atoms with van der Waals surface area (Å²) in [6, 6.07) is 6.01. The van der Waals surface area contributed by atoms with Crippen molar-refractivity contribution in [3.8, 4) is 0 Å². The minimum atomic E-state index is -0.393. The van der Waals surface area contributed by atoms with Crippen LogP contribution in [0, 0.1) is 5.82 Å². The van der Waals surface area contributed by atoms with Crippen molar-refractivity contribution in [3.05, 3.63) is 35.6 Å². The molecule has 0 radical (unpaired) electrons. The average Bonchev–Trinajstić information content (AvgIpc) is 2.39. The third-order valence-electron chi connectivity index (χ3n) is 3.27. The van der Waals surface area contributed by atoms with Crippen LogP contribution in [0.5, 0.6) is 0 Å². The fourth-order valence-electron chi connectivity index (χ4n) is 2.45. The molecule has 20 heavy (non-hydrogen) atoms. The van der Waals surface area contributed by atoms with Gasteiger partial charge in [-0.1, -0.05) is 12.1 Å². The number of ether oxygens (including phenoxy) is 1. The van der Waals surface area contributed by atoms with Gasteiger partial charge in [0.05, 0.1) is 24.0 Å². The Morgan fingerprint density at radius 1 is 1.45 bits per heavy atom. The predicted octanol–water partition coefficient (Wildman–Crippen LogP) is 2.61. The van der Waals surface area contributed by atoms with Gasteiger partial charge in [0.1, 0.15) is 5.82 Å². The number of nitrogens with zero attached hydrogens (tertiary/aromatic N) is 1. The first-order valence-electron chi connectivity index (χ1n) is 6.65. The monoisotopic (exact) mass is 299 g/mol. The molecule has 1 atom stereocenters. The standard InChI is InChI=1S/C15H19ClFNO2/c1-15(2)10-18(9-13(8-16)20-15)14(19)7-11-3-5-12(17)6-4-11/h3-6,13H,7-10H2,1-2H3. The molecule has 1 aliphatic heterocycles. The van der Waals surface area contributed by atoms with Gasteiger partial charge in [-0.15, -0.1) is 11.6 Å². The van der Waals surface area contributed by atoms with E-state index >= 15 is 0 Å². The lowest BCUT2D eigenvalue weighted by Gasteiger charge is -2.42. The van der Waals surface area contributed by atoms with Gasteiger partial charge in [-0.25, -0.2) is 4.39 Å². The topological polar surface area (TPSA) is 29.5 Å². The highest BCUT2D eigenvalue weighted by molar-refractivity contribution is 6.18. The molecule has 3 nitrogen and oxygen atoms in total. The van der Waals surface area contributed by atoms with Crippen LogP contribution < -0.4 is 0 Å². The smallest absolute Gasteiger partial charge is 0.227 e.